The normalized spacial score (nSPS) is 44.9. The molecular weight excluding hydrogens is 230 g/mol. The Morgan fingerprint density at radius 3 is 3.00 bits per heavy atom. The van der Waals surface area contributed by atoms with Gasteiger partial charge in [0.25, 0.3) is 0 Å². The molecule has 0 aromatic rings. The Balaban J connectivity index is 1.68. The maximum absolute atomic E-state index is 5.01. The molecule has 17 heavy (non-hydrogen) atoms. The van der Waals surface area contributed by atoms with Crippen molar-refractivity contribution < 1.29 is 0 Å². The van der Waals surface area contributed by atoms with Crippen LogP contribution < -0.4 is 5.32 Å². The summed E-state index contributed by atoms with van der Waals surface area (Å²) in [5.41, 5.74) is 0. The quantitative estimate of drug-likeness (QED) is 0.775. The van der Waals surface area contributed by atoms with Crippen LogP contribution in [0.1, 0.15) is 39.5 Å². The Hall–Kier alpha value is -0.220. The highest BCUT2D eigenvalue weighted by molar-refractivity contribution is 8.14. The van der Waals surface area contributed by atoms with Crippen molar-refractivity contribution in [2.75, 3.05) is 13.1 Å². The first-order valence-electron chi connectivity index (χ1n) is 6.97. The van der Waals surface area contributed by atoms with Gasteiger partial charge in [-0.15, -0.1) is 0 Å². The van der Waals surface area contributed by atoms with Gasteiger partial charge in [0.15, 0.2) is 5.17 Å². The van der Waals surface area contributed by atoms with E-state index in [-0.39, 0.29) is 0 Å². The van der Waals surface area contributed by atoms with E-state index >= 15 is 0 Å². The van der Waals surface area contributed by atoms with E-state index in [9.17, 15) is 0 Å². The van der Waals surface area contributed by atoms with Gasteiger partial charge in [-0.25, -0.2) is 0 Å². The molecule has 3 aliphatic rings. The average Bonchev–Trinajstić information content (AvgIpc) is 2.81. The maximum Gasteiger partial charge on any atom is 0.157 e. The molecule has 3 rings (SSSR count). The van der Waals surface area contributed by atoms with Crippen LogP contribution in [0.5, 0.6) is 0 Å². The lowest BCUT2D eigenvalue weighted by Gasteiger charge is -2.28. The summed E-state index contributed by atoms with van der Waals surface area (Å²) in [5, 5.41) is 5.47. The van der Waals surface area contributed by atoms with Crippen LogP contribution in [0.15, 0.2) is 4.99 Å². The summed E-state index contributed by atoms with van der Waals surface area (Å²) < 4.78 is 0. The van der Waals surface area contributed by atoms with Gasteiger partial charge in [-0.05, 0) is 39.2 Å². The first kappa shape index (κ1) is 11.8. The number of nitrogens with zero attached hydrogens (tertiary/aromatic N) is 2. The first-order chi connectivity index (χ1) is 8.22. The predicted molar refractivity (Wildman–Crippen MR) is 74.7 cm³/mol. The Morgan fingerprint density at radius 1 is 1.29 bits per heavy atom. The molecule has 3 fully saturated rings. The SMILES string of the molecule is CC1CC(C)SC(=NC2CCN3CCCC23)N1. The van der Waals surface area contributed by atoms with Gasteiger partial charge in [-0.1, -0.05) is 18.7 Å². The van der Waals surface area contributed by atoms with Crippen molar-refractivity contribution in [3.8, 4) is 0 Å². The molecule has 1 N–H and O–H groups in total. The van der Waals surface area contributed by atoms with Crippen LogP contribution in [0.2, 0.25) is 0 Å². The smallest absolute Gasteiger partial charge is 0.157 e. The summed E-state index contributed by atoms with van der Waals surface area (Å²) in [6.45, 7) is 7.15. The van der Waals surface area contributed by atoms with Gasteiger partial charge in [0.05, 0.1) is 6.04 Å². The summed E-state index contributed by atoms with van der Waals surface area (Å²) in [6.07, 6.45) is 5.25. The number of fused-ring (bicyclic) bond motifs is 1. The van der Waals surface area contributed by atoms with Crippen LogP contribution in [0, 0.1) is 0 Å². The topological polar surface area (TPSA) is 27.6 Å². The molecule has 0 amide bonds. The van der Waals surface area contributed by atoms with Gasteiger partial charge in [0.2, 0.25) is 0 Å². The van der Waals surface area contributed by atoms with E-state index in [0.29, 0.717) is 17.3 Å². The van der Waals surface area contributed by atoms with Crippen molar-refractivity contribution in [3.63, 3.8) is 0 Å². The Bertz CT molecular complexity index is 306. The van der Waals surface area contributed by atoms with Gasteiger partial charge < -0.3 is 5.32 Å². The van der Waals surface area contributed by atoms with Crippen molar-refractivity contribution in [1.82, 2.24) is 10.2 Å². The summed E-state index contributed by atoms with van der Waals surface area (Å²) in [7, 11) is 0. The fraction of sp³-hybridized carbons (Fsp3) is 0.923. The minimum absolute atomic E-state index is 0.560. The van der Waals surface area contributed by atoms with Gasteiger partial charge in [-0.2, -0.15) is 0 Å². The first-order valence-corrected chi connectivity index (χ1v) is 7.85. The van der Waals surface area contributed by atoms with Gasteiger partial charge in [-0.3, -0.25) is 9.89 Å². The van der Waals surface area contributed by atoms with E-state index in [0.717, 1.165) is 6.04 Å². The zero-order valence-electron chi connectivity index (χ0n) is 10.9. The molecule has 3 saturated heterocycles. The number of hydrogen-bond donors (Lipinski definition) is 1. The second-order valence-corrected chi connectivity index (χ2v) is 7.17. The van der Waals surface area contributed by atoms with E-state index in [1.165, 1.54) is 43.9 Å². The van der Waals surface area contributed by atoms with Crippen LogP contribution in [-0.4, -0.2) is 46.5 Å². The third-order valence-corrected chi connectivity index (χ3v) is 5.26. The molecule has 0 aliphatic carbocycles. The lowest BCUT2D eigenvalue weighted by molar-refractivity contribution is 0.314. The van der Waals surface area contributed by atoms with E-state index in [4.69, 9.17) is 4.99 Å². The fourth-order valence-electron chi connectivity index (χ4n) is 3.46. The number of aliphatic imine (C=N–C) groups is 1. The van der Waals surface area contributed by atoms with E-state index in [1.54, 1.807) is 0 Å². The summed E-state index contributed by atoms with van der Waals surface area (Å²) >= 11 is 1.93. The molecule has 0 saturated carbocycles. The van der Waals surface area contributed by atoms with E-state index in [2.05, 4.69) is 24.1 Å². The Kier molecular flexibility index (Phi) is 3.35. The molecule has 96 valence electrons. The average molecular weight is 253 g/mol. The molecule has 4 heteroatoms. The number of nitrogens with one attached hydrogen (secondary N) is 1. The van der Waals surface area contributed by atoms with Crippen LogP contribution in [0.25, 0.3) is 0 Å². The number of hydrogen-bond acceptors (Lipinski definition) is 3. The standard InChI is InChI=1S/C13H23N3S/c1-9-8-10(2)17-13(14-9)15-11-5-7-16-6-3-4-12(11)16/h9-12H,3-8H2,1-2H3,(H,14,15). The van der Waals surface area contributed by atoms with Crippen LogP contribution >= 0.6 is 11.8 Å². The highest BCUT2D eigenvalue weighted by Crippen LogP contribution is 2.31. The summed E-state index contributed by atoms with van der Waals surface area (Å²) in [4.78, 5) is 7.64. The Labute approximate surface area is 108 Å². The molecule has 0 aromatic heterocycles. The summed E-state index contributed by atoms with van der Waals surface area (Å²) in [6, 6.07) is 1.90. The molecule has 0 bridgehead atoms. The van der Waals surface area contributed by atoms with Crippen molar-refractivity contribution in [1.29, 1.82) is 0 Å². The monoisotopic (exact) mass is 253 g/mol. The number of amidine groups is 1. The zero-order chi connectivity index (χ0) is 11.8. The zero-order valence-corrected chi connectivity index (χ0v) is 11.7. The molecule has 3 heterocycles. The second kappa shape index (κ2) is 4.81. The van der Waals surface area contributed by atoms with E-state index in [1.807, 2.05) is 11.8 Å². The molecule has 4 unspecified atom stereocenters. The maximum atomic E-state index is 5.01. The Morgan fingerprint density at radius 2 is 2.18 bits per heavy atom. The third-order valence-electron chi connectivity index (χ3n) is 4.22. The molecular formula is C13H23N3S. The molecule has 0 spiro atoms. The summed E-state index contributed by atoms with van der Waals surface area (Å²) in [5.74, 6) is 0. The minimum atomic E-state index is 0.560. The highest BCUT2D eigenvalue weighted by Gasteiger charge is 2.37. The lowest BCUT2D eigenvalue weighted by Crippen LogP contribution is -2.39. The molecule has 4 atom stereocenters. The van der Waals surface area contributed by atoms with Crippen molar-refractivity contribution in [2.24, 2.45) is 4.99 Å². The molecule has 3 aliphatic heterocycles. The molecule has 3 nitrogen and oxygen atoms in total. The third kappa shape index (κ3) is 2.48. The van der Waals surface area contributed by atoms with Gasteiger partial charge in [0.1, 0.15) is 0 Å². The molecule has 0 radical (unpaired) electrons. The van der Waals surface area contributed by atoms with Crippen molar-refractivity contribution >= 4 is 16.9 Å². The number of thioether (sulfide) groups is 1. The van der Waals surface area contributed by atoms with Gasteiger partial charge in [0, 0.05) is 23.9 Å². The van der Waals surface area contributed by atoms with Gasteiger partial charge >= 0.3 is 0 Å². The second-order valence-electron chi connectivity index (χ2n) is 5.75. The lowest BCUT2D eigenvalue weighted by atomic mass is 10.1. The van der Waals surface area contributed by atoms with Crippen molar-refractivity contribution in [3.05, 3.63) is 0 Å². The predicted octanol–water partition coefficient (Wildman–Crippen LogP) is 2.08. The fourth-order valence-corrected chi connectivity index (χ4v) is 4.70. The molecule has 0 aromatic carbocycles. The van der Waals surface area contributed by atoms with E-state index < -0.39 is 0 Å². The highest BCUT2D eigenvalue weighted by atomic mass is 32.2. The minimum Gasteiger partial charge on any atom is -0.362 e. The van der Waals surface area contributed by atoms with Crippen LogP contribution in [0.3, 0.4) is 0 Å². The van der Waals surface area contributed by atoms with Crippen molar-refractivity contribution in [2.45, 2.75) is 62.9 Å². The van der Waals surface area contributed by atoms with Crippen LogP contribution in [0.4, 0.5) is 0 Å². The number of rotatable bonds is 1. The van der Waals surface area contributed by atoms with Crippen LogP contribution in [-0.2, 0) is 0 Å². The largest absolute Gasteiger partial charge is 0.362 e.